The van der Waals surface area contributed by atoms with Gasteiger partial charge in [-0.3, -0.25) is 14.2 Å². The van der Waals surface area contributed by atoms with E-state index < -0.39 is 0 Å². The van der Waals surface area contributed by atoms with Crippen molar-refractivity contribution in [1.29, 1.82) is 0 Å². The second kappa shape index (κ2) is 6.69. The Kier molecular flexibility index (Phi) is 4.71. The molecule has 1 amide bonds. The molecule has 0 saturated carbocycles. The van der Waals surface area contributed by atoms with E-state index in [-0.39, 0.29) is 24.0 Å². The highest BCUT2D eigenvalue weighted by Gasteiger charge is 2.11. The largest absolute Gasteiger partial charge is 0.468 e. The summed E-state index contributed by atoms with van der Waals surface area (Å²) in [4.78, 5) is 27.9. The van der Waals surface area contributed by atoms with Crippen LogP contribution in [0, 0.1) is 6.92 Å². The number of nitrogens with zero attached hydrogens (tertiary/aromatic N) is 2. The first-order valence-corrected chi connectivity index (χ1v) is 6.53. The van der Waals surface area contributed by atoms with Crippen molar-refractivity contribution < 1.29 is 9.53 Å². The lowest BCUT2D eigenvalue weighted by Crippen LogP contribution is -2.33. The summed E-state index contributed by atoms with van der Waals surface area (Å²) in [5.74, 6) is -0.273. The van der Waals surface area contributed by atoms with E-state index in [1.54, 1.807) is 6.92 Å². The van der Waals surface area contributed by atoms with Crippen LogP contribution in [0.25, 0.3) is 0 Å². The third kappa shape index (κ3) is 3.92. The van der Waals surface area contributed by atoms with Crippen LogP contribution in [0.15, 0.2) is 41.2 Å². The lowest BCUT2D eigenvalue weighted by atomic mass is 10.2. The van der Waals surface area contributed by atoms with Gasteiger partial charge in [-0.05, 0) is 12.5 Å². The molecule has 2 aromatic rings. The number of benzene rings is 1. The minimum Gasteiger partial charge on any atom is -0.468 e. The van der Waals surface area contributed by atoms with Crippen molar-refractivity contribution in [2.24, 2.45) is 0 Å². The van der Waals surface area contributed by atoms with Crippen molar-refractivity contribution in [3.63, 3.8) is 0 Å². The number of aryl methyl sites for hydroxylation is 1. The van der Waals surface area contributed by atoms with Gasteiger partial charge in [-0.1, -0.05) is 30.3 Å². The standard InChI is InChI=1S/C15H17N3O3/c1-11-8-14(20)18(15(17-11)21-2)10-13(19)16-9-12-6-4-3-5-7-12/h3-8H,9-10H2,1-2H3,(H,16,19). The number of hydrogen-bond donors (Lipinski definition) is 1. The Hall–Kier alpha value is -2.63. The van der Waals surface area contributed by atoms with Gasteiger partial charge in [0, 0.05) is 18.3 Å². The third-order valence-corrected chi connectivity index (χ3v) is 2.92. The minimum atomic E-state index is -0.311. The summed E-state index contributed by atoms with van der Waals surface area (Å²) in [6.07, 6.45) is 0. The molecule has 1 heterocycles. The molecule has 2 rings (SSSR count). The van der Waals surface area contributed by atoms with Crippen LogP contribution < -0.4 is 15.6 Å². The maximum Gasteiger partial charge on any atom is 0.299 e. The van der Waals surface area contributed by atoms with Crippen molar-refractivity contribution >= 4 is 5.91 Å². The average Bonchev–Trinajstić information content (AvgIpc) is 2.48. The highest BCUT2D eigenvalue weighted by atomic mass is 16.5. The molecule has 0 atom stereocenters. The van der Waals surface area contributed by atoms with E-state index in [2.05, 4.69) is 10.3 Å². The Bertz CT molecular complexity index is 680. The van der Waals surface area contributed by atoms with Crippen LogP contribution in [0.4, 0.5) is 0 Å². The quantitative estimate of drug-likeness (QED) is 0.886. The first-order chi connectivity index (χ1) is 10.1. The Morgan fingerprint density at radius 1 is 1.33 bits per heavy atom. The number of hydrogen-bond acceptors (Lipinski definition) is 4. The molecular formula is C15H17N3O3. The predicted molar refractivity (Wildman–Crippen MR) is 78.1 cm³/mol. The molecule has 1 aromatic heterocycles. The molecule has 0 aliphatic heterocycles. The summed E-state index contributed by atoms with van der Waals surface area (Å²) < 4.78 is 6.24. The molecule has 0 fully saturated rings. The van der Waals surface area contributed by atoms with Gasteiger partial charge in [0.05, 0.1) is 7.11 Å². The van der Waals surface area contributed by atoms with Crippen LogP contribution in [0.5, 0.6) is 6.01 Å². The lowest BCUT2D eigenvalue weighted by Gasteiger charge is -2.11. The molecule has 21 heavy (non-hydrogen) atoms. The predicted octanol–water partition coefficient (Wildman–Crippen LogP) is 0.877. The van der Waals surface area contributed by atoms with Gasteiger partial charge in [0.2, 0.25) is 5.91 Å². The first-order valence-electron chi connectivity index (χ1n) is 6.53. The summed E-state index contributed by atoms with van der Waals surface area (Å²) in [5.41, 5.74) is 1.24. The Morgan fingerprint density at radius 2 is 2.05 bits per heavy atom. The Morgan fingerprint density at radius 3 is 2.71 bits per heavy atom. The number of nitrogens with one attached hydrogen (secondary N) is 1. The van der Waals surface area contributed by atoms with E-state index in [0.717, 1.165) is 5.56 Å². The summed E-state index contributed by atoms with van der Waals surface area (Å²) in [6, 6.07) is 11.1. The molecule has 0 spiro atoms. The highest BCUT2D eigenvalue weighted by molar-refractivity contribution is 5.75. The molecule has 1 N–H and O–H groups in total. The Labute approximate surface area is 122 Å². The molecule has 0 aliphatic carbocycles. The highest BCUT2D eigenvalue weighted by Crippen LogP contribution is 2.04. The molecule has 0 bridgehead atoms. The minimum absolute atomic E-state index is 0.123. The second-order valence-corrected chi connectivity index (χ2v) is 4.57. The fourth-order valence-electron chi connectivity index (χ4n) is 1.89. The summed E-state index contributed by atoms with van der Waals surface area (Å²) in [6.45, 7) is 1.99. The molecule has 6 nitrogen and oxygen atoms in total. The van der Waals surface area contributed by atoms with Crippen LogP contribution in [-0.4, -0.2) is 22.6 Å². The number of carbonyl (C=O) groups is 1. The topological polar surface area (TPSA) is 73.2 Å². The number of methoxy groups -OCH3 is 1. The van der Waals surface area contributed by atoms with Crippen molar-refractivity contribution in [1.82, 2.24) is 14.9 Å². The molecule has 6 heteroatoms. The SMILES string of the molecule is COc1nc(C)cc(=O)n1CC(=O)NCc1ccccc1. The summed E-state index contributed by atoms with van der Waals surface area (Å²) in [7, 11) is 1.42. The Balaban J connectivity index is 2.05. The van der Waals surface area contributed by atoms with Crippen molar-refractivity contribution in [3.05, 3.63) is 58.0 Å². The molecule has 0 saturated heterocycles. The molecule has 0 unspecified atom stereocenters. The van der Waals surface area contributed by atoms with E-state index in [0.29, 0.717) is 12.2 Å². The van der Waals surface area contributed by atoms with Gasteiger partial charge in [-0.25, -0.2) is 4.98 Å². The lowest BCUT2D eigenvalue weighted by molar-refractivity contribution is -0.122. The van der Waals surface area contributed by atoms with Crippen LogP contribution in [0.3, 0.4) is 0 Å². The number of amides is 1. The number of ether oxygens (including phenoxy) is 1. The summed E-state index contributed by atoms with van der Waals surface area (Å²) >= 11 is 0. The fourth-order valence-corrected chi connectivity index (χ4v) is 1.89. The normalized spacial score (nSPS) is 10.2. The van der Waals surface area contributed by atoms with Crippen LogP contribution in [-0.2, 0) is 17.9 Å². The van der Waals surface area contributed by atoms with E-state index in [9.17, 15) is 9.59 Å². The summed E-state index contributed by atoms with van der Waals surface area (Å²) in [5, 5.41) is 2.76. The van der Waals surface area contributed by atoms with Gasteiger partial charge in [0.15, 0.2) is 0 Å². The molecule has 110 valence electrons. The number of rotatable bonds is 5. The molecular weight excluding hydrogens is 270 g/mol. The van der Waals surface area contributed by atoms with Crippen molar-refractivity contribution in [3.8, 4) is 6.01 Å². The van der Waals surface area contributed by atoms with E-state index in [1.807, 2.05) is 30.3 Å². The van der Waals surface area contributed by atoms with Crippen LogP contribution in [0.2, 0.25) is 0 Å². The maximum atomic E-state index is 11.9. The van der Waals surface area contributed by atoms with E-state index in [4.69, 9.17) is 4.74 Å². The maximum absolute atomic E-state index is 11.9. The van der Waals surface area contributed by atoms with Crippen molar-refractivity contribution in [2.45, 2.75) is 20.0 Å². The smallest absolute Gasteiger partial charge is 0.299 e. The van der Waals surface area contributed by atoms with Gasteiger partial charge >= 0.3 is 0 Å². The van der Waals surface area contributed by atoms with E-state index in [1.165, 1.54) is 17.7 Å². The zero-order valence-corrected chi connectivity index (χ0v) is 12.0. The zero-order chi connectivity index (χ0) is 15.2. The number of carbonyl (C=O) groups excluding carboxylic acids is 1. The molecule has 0 radical (unpaired) electrons. The average molecular weight is 287 g/mol. The van der Waals surface area contributed by atoms with Gasteiger partial charge in [-0.2, -0.15) is 0 Å². The number of aromatic nitrogens is 2. The van der Waals surface area contributed by atoms with Gasteiger partial charge < -0.3 is 10.1 Å². The van der Waals surface area contributed by atoms with Gasteiger partial charge in [0.1, 0.15) is 6.54 Å². The van der Waals surface area contributed by atoms with Crippen LogP contribution >= 0.6 is 0 Å². The van der Waals surface area contributed by atoms with Crippen molar-refractivity contribution in [2.75, 3.05) is 7.11 Å². The van der Waals surface area contributed by atoms with E-state index >= 15 is 0 Å². The third-order valence-electron chi connectivity index (χ3n) is 2.92. The van der Waals surface area contributed by atoms with Gasteiger partial charge in [-0.15, -0.1) is 0 Å². The monoisotopic (exact) mass is 287 g/mol. The second-order valence-electron chi connectivity index (χ2n) is 4.57. The van der Waals surface area contributed by atoms with Crippen LogP contribution in [0.1, 0.15) is 11.3 Å². The first kappa shape index (κ1) is 14.8. The zero-order valence-electron chi connectivity index (χ0n) is 12.0. The molecule has 0 aliphatic rings. The fraction of sp³-hybridized carbons (Fsp3) is 0.267. The molecule has 1 aromatic carbocycles. The van der Waals surface area contributed by atoms with Gasteiger partial charge in [0.25, 0.3) is 11.6 Å².